The lowest BCUT2D eigenvalue weighted by Gasteiger charge is -2.41. The second-order valence-corrected chi connectivity index (χ2v) is 6.59. The second kappa shape index (κ2) is 6.36. The van der Waals surface area contributed by atoms with Gasteiger partial charge in [0, 0.05) is 64.8 Å². The minimum atomic E-state index is -0.678. The van der Waals surface area contributed by atoms with E-state index in [-0.39, 0.29) is 5.92 Å². The van der Waals surface area contributed by atoms with Crippen molar-refractivity contribution in [1.29, 1.82) is 0 Å². The summed E-state index contributed by atoms with van der Waals surface area (Å²) in [5.74, 6) is 0.123. The third kappa shape index (κ3) is 3.31. The summed E-state index contributed by atoms with van der Waals surface area (Å²) >= 11 is 0. The molecule has 0 unspecified atom stereocenters. The minimum Gasteiger partial charge on any atom is -0.481 e. The largest absolute Gasteiger partial charge is 0.481 e. The minimum absolute atomic E-state index is 0.281. The number of piperazine rings is 1. The van der Waals surface area contributed by atoms with Crippen molar-refractivity contribution in [2.75, 3.05) is 46.3 Å². The van der Waals surface area contributed by atoms with E-state index in [9.17, 15) is 9.90 Å². The van der Waals surface area contributed by atoms with E-state index in [4.69, 9.17) is 0 Å². The van der Waals surface area contributed by atoms with E-state index in [0.717, 1.165) is 38.5 Å². The van der Waals surface area contributed by atoms with Gasteiger partial charge < -0.3 is 14.6 Å². The summed E-state index contributed by atoms with van der Waals surface area (Å²) in [5.41, 5.74) is 0. The number of rotatable bonds is 3. The van der Waals surface area contributed by atoms with Crippen LogP contribution >= 0.6 is 0 Å². The Labute approximate surface area is 131 Å². The van der Waals surface area contributed by atoms with Gasteiger partial charge in [-0.25, -0.2) is 4.98 Å². The summed E-state index contributed by atoms with van der Waals surface area (Å²) in [4.78, 5) is 22.7. The van der Waals surface area contributed by atoms with Crippen molar-refractivity contribution in [3.8, 4) is 0 Å². The molecule has 1 aromatic heterocycles. The smallest absolute Gasteiger partial charge is 0.309 e. The molecule has 1 N–H and O–H groups in total. The van der Waals surface area contributed by atoms with Gasteiger partial charge in [-0.15, -0.1) is 0 Å². The molecule has 2 fully saturated rings. The molecule has 3 rings (SSSR count). The highest BCUT2D eigenvalue weighted by Gasteiger charge is 2.35. The average Bonchev–Trinajstić information content (AvgIpc) is 2.77. The van der Waals surface area contributed by atoms with Gasteiger partial charge in [-0.3, -0.25) is 14.6 Å². The normalized spacial score (nSPS) is 28.3. The number of hydrogen-bond donors (Lipinski definition) is 1. The number of carbonyl (C=O) groups is 1. The number of fused-ring (bicyclic) bond motifs is 1. The summed E-state index contributed by atoms with van der Waals surface area (Å²) in [6.45, 7) is 5.98. The number of hydrogen-bond acceptors (Lipinski definition) is 5. The molecule has 0 saturated carbocycles. The van der Waals surface area contributed by atoms with Crippen LogP contribution in [0.15, 0.2) is 12.4 Å². The number of carboxylic acid groups (broad SMARTS) is 1. The molecular weight excluding hydrogens is 282 g/mol. The number of aryl methyl sites for hydroxylation is 1. The van der Waals surface area contributed by atoms with E-state index in [1.165, 1.54) is 0 Å². The first-order valence-electron chi connectivity index (χ1n) is 7.87. The fourth-order valence-corrected chi connectivity index (χ4v) is 3.57. The second-order valence-electron chi connectivity index (χ2n) is 6.59. The summed E-state index contributed by atoms with van der Waals surface area (Å²) < 4.78 is 2.06. The first-order valence-corrected chi connectivity index (χ1v) is 7.87. The fraction of sp³-hybridized carbons (Fsp3) is 0.733. The van der Waals surface area contributed by atoms with Crippen LogP contribution in [0.4, 0.5) is 0 Å². The summed E-state index contributed by atoms with van der Waals surface area (Å²) in [6.07, 6.45) is 3.81. The van der Waals surface area contributed by atoms with Gasteiger partial charge in [0.05, 0.1) is 12.5 Å². The molecule has 122 valence electrons. The third-order valence-corrected chi connectivity index (χ3v) is 4.83. The standard InChI is InChI=1S/C15H25N5O2/c1-17-7-12(15(21)22)8-20-6-5-19(10-13(20)9-17)11-14-16-3-4-18(14)2/h3-4,12-13H,5-11H2,1-2H3,(H,21,22)/t12-,13-/m1/s1. The molecule has 22 heavy (non-hydrogen) atoms. The Kier molecular flexibility index (Phi) is 4.46. The molecule has 0 aromatic carbocycles. The molecule has 2 aliphatic rings. The first-order chi connectivity index (χ1) is 10.5. The van der Waals surface area contributed by atoms with Gasteiger partial charge in [-0.05, 0) is 7.05 Å². The van der Waals surface area contributed by atoms with Crippen LogP contribution in [0, 0.1) is 5.92 Å². The molecule has 2 atom stereocenters. The van der Waals surface area contributed by atoms with Crippen LogP contribution in [-0.4, -0.2) is 87.7 Å². The van der Waals surface area contributed by atoms with Gasteiger partial charge in [0.25, 0.3) is 0 Å². The van der Waals surface area contributed by atoms with Crippen LogP contribution in [0.1, 0.15) is 5.82 Å². The lowest BCUT2D eigenvalue weighted by Crippen LogP contribution is -2.55. The predicted molar refractivity (Wildman–Crippen MR) is 82.5 cm³/mol. The van der Waals surface area contributed by atoms with Gasteiger partial charge in [0.2, 0.25) is 0 Å². The molecule has 0 radical (unpaired) electrons. The maximum Gasteiger partial charge on any atom is 0.309 e. The summed E-state index contributed by atoms with van der Waals surface area (Å²) in [6, 6.07) is 0.406. The van der Waals surface area contributed by atoms with Crippen molar-refractivity contribution in [2.45, 2.75) is 12.6 Å². The Bertz CT molecular complexity index is 532. The topological polar surface area (TPSA) is 64.8 Å². The van der Waals surface area contributed by atoms with E-state index in [2.05, 4.69) is 24.3 Å². The number of nitrogens with zero attached hydrogens (tertiary/aromatic N) is 5. The Morgan fingerprint density at radius 3 is 2.77 bits per heavy atom. The molecule has 3 heterocycles. The van der Waals surface area contributed by atoms with E-state index in [1.54, 1.807) is 0 Å². The van der Waals surface area contributed by atoms with Gasteiger partial charge in [0.15, 0.2) is 0 Å². The van der Waals surface area contributed by atoms with E-state index >= 15 is 0 Å². The van der Waals surface area contributed by atoms with Crippen LogP contribution < -0.4 is 0 Å². The monoisotopic (exact) mass is 307 g/mol. The van der Waals surface area contributed by atoms with Crippen molar-refractivity contribution in [2.24, 2.45) is 13.0 Å². The van der Waals surface area contributed by atoms with Crippen molar-refractivity contribution < 1.29 is 9.90 Å². The molecule has 0 aliphatic carbocycles. The van der Waals surface area contributed by atoms with Crippen LogP contribution in [0.2, 0.25) is 0 Å². The van der Waals surface area contributed by atoms with Crippen LogP contribution in [0.5, 0.6) is 0 Å². The van der Waals surface area contributed by atoms with E-state index < -0.39 is 5.97 Å². The van der Waals surface area contributed by atoms with Crippen molar-refractivity contribution in [3.63, 3.8) is 0 Å². The lowest BCUT2D eigenvalue weighted by atomic mass is 10.1. The number of aliphatic carboxylic acids is 1. The van der Waals surface area contributed by atoms with Crippen molar-refractivity contribution >= 4 is 5.97 Å². The van der Waals surface area contributed by atoms with Crippen LogP contribution in [0.3, 0.4) is 0 Å². The highest BCUT2D eigenvalue weighted by atomic mass is 16.4. The quantitative estimate of drug-likeness (QED) is 0.816. The molecule has 2 saturated heterocycles. The molecular formula is C15H25N5O2. The SMILES string of the molecule is CN1C[C@@H](C(=O)O)CN2CCN(Cc3nccn3C)C[C@H]2C1. The highest BCUT2D eigenvalue weighted by Crippen LogP contribution is 2.19. The summed E-state index contributed by atoms with van der Waals surface area (Å²) in [7, 11) is 4.05. The maximum atomic E-state index is 11.4. The first kappa shape index (κ1) is 15.5. The molecule has 7 nitrogen and oxygen atoms in total. The molecule has 0 spiro atoms. The van der Waals surface area contributed by atoms with Crippen LogP contribution in [0.25, 0.3) is 0 Å². The van der Waals surface area contributed by atoms with Gasteiger partial charge >= 0.3 is 5.97 Å². The molecule has 7 heteroatoms. The zero-order valence-corrected chi connectivity index (χ0v) is 13.4. The van der Waals surface area contributed by atoms with Gasteiger partial charge in [0.1, 0.15) is 5.82 Å². The van der Waals surface area contributed by atoms with Crippen LogP contribution in [-0.2, 0) is 18.4 Å². The Hall–Kier alpha value is -1.44. The predicted octanol–water partition coefficient (Wildman–Crippen LogP) is -0.447. The van der Waals surface area contributed by atoms with Gasteiger partial charge in [-0.2, -0.15) is 0 Å². The number of likely N-dealkylation sites (N-methyl/N-ethyl adjacent to an activating group) is 1. The number of aromatic nitrogens is 2. The van der Waals surface area contributed by atoms with Crippen molar-refractivity contribution in [3.05, 3.63) is 18.2 Å². The van der Waals surface area contributed by atoms with E-state index in [1.807, 2.05) is 26.5 Å². The molecule has 0 bridgehead atoms. The molecule has 1 aromatic rings. The summed E-state index contributed by atoms with van der Waals surface area (Å²) in [5, 5.41) is 9.35. The number of imidazole rings is 1. The Morgan fingerprint density at radius 2 is 2.09 bits per heavy atom. The third-order valence-electron chi connectivity index (χ3n) is 4.83. The zero-order valence-electron chi connectivity index (χ0n) is 13.4. The highest BCUT2D eigenvalue weighted by molar-refractivity contribution is 5.70. The zero-order chi connectivity index (χ0) is 15.7. The maximum absolute atomic E-state index is 11.4. The van der Waals surface area contributed by atoms with E-state index in [0.29, 0.717) is 19.1 Å². The lowest BCUT2D eigenvalue weighted by molar-refractivity contribution is -0.142. The average molecular weight is 307 g/mol. The van der Waals surface area contributed by atoms with Gasteiger partial charge in [-0.1, -0.05) is 0 Å². The Morgan fingerprint density at radius 1 is 1.27 bits per heavy atom. The van der Waals surface area contributed by atoms with Crippen molar-refractivity contribution in [1.82, 2.24) is 24.3 Å². The fourth-order valence-electron chi connectivity index (χ4n) is 3.57. The molecule has 0 amide bonds. The molecule has 2 aliphatic heterocycles. The number of carboxylic acids is 1. The Balaban J connectivity index is 1.65.